The second-order valence-electron chi connectivity index (χ2n) is 0.454. The molecule has 0 saturated heterocycles. The molecular formula is H4O4P2. The molecule has 0 rings (SSSR count). The maximum Gasteiger partial charge on any atom is 0.332 e. The average molecular weight is 130 g/mol. The van der Waals surface area contributed by atoms with E-state index in [1.807, 2.05) is 0 Å². The minimum Gasteiger partial charge on any atom is -0.328 e. The van der Waals surface area contributed by atoms with Crippen LogP contribution in [0.25, 0.3) is 0 Å². The van der Waals surface area contributed by atoms with Crippen molar-refractivity contribution in [2.75, 3.05) is 0 Å². The predicted molar refractivity (Wildman–Crippen MR) is 22.8 cm³/mol. The third-order valence-electron chi connectivity index (χ3n) is 0.137. The molecule has 6 heavy (non-hydrogen) atoms. The van der Waals surface area contributed by atoms with E-state index in [-0.39, 0.29) is 0 Å². The highest BCUT2D eigenvalue weighted by molar-refractivity contribution is 7.46. The molecule has 0 heterocycles. The molecule has 0 bridgehead atoms. The Morgan fingerprint density at radius 3 is 2.17 bits per heavy atom. The molecule has 0 aromatic rings. The SMILES string of the molecule is O=[PH2]OP(O)O. The van der Waals surface area contributed by atoms with Gasteiger partial charge in [-0.15, -0.1) is 0 Å². The highest BCUT2D eigenvalue weighted by Crippen LogP contribution is 2.29. The zero-order valence-corrected chi connectivity index (χ0v) is 4.78. The first-order chi connectivity index (χ1) is 2.77. The second kappa shape index (κ2) is 3.72. The predicted octanol–water partition coefficient (Wildman–Crippen LogP) is -0.114. The summed E-state index contributed by atoms with van der Waals surface area (Å²) in [5, 5.41) is 0. The van der Waals surface area contributed by atoms with Gasteiger partial charge in [-0.05, 0) is 0 Å². The molecule has 6 heteroatoms. The maximum absolute atomic E-state index is 9.30. The lowest BCUT2D eigenvalue weighted by molar-refractivity contribution is 0.385. The monoisotopic (exact) mass is 130 g/mol. The zero-order valence-electron chi connectivity index (χ0n) is 2.74. The van der Waals surface area contributed by atoms with E-state index in [1.54, 1.807) is 0 Å². The Morgan fingerprint density at radius 2 is 2.17 bits per heavy atom. The van der Waals surface area contributed by atoms with Crippen LogP contribution >= 0.6 is 17.3 Å². The third kappa shape index (κ3) is 4.54. The van der Waals surface area contributed by atoms with Crippen LogP contribution in [0.5, 0.6) is 0 Å². The second-order valence-corrected chi connectivity index (χ2v) is 2.00. The molecule has 2 N–H and O–H groups in total. The molecule has 38 valence electrons. The van der Waals surface area contributed by atoms with Gasteiger partial charge in [0.1, 0.15) is 0 Å². The first-order valence-electron chi connectivity index (χ1n) is 1.05. The molecule has 4 nitrogen and oxygen atoms in total. The standard InChI is InChI=1S/H4O4P2/c1-5-4-6(2)3/h2-3H,5H2. The van der Waals surface area contributed by atoms with Crippen LogP contribution in [-0.2, 0) is 8.88 Å². The van der Waals surface area contributed by atoms with Gasteiger partial charge < -0.3 is 9.79 Å². The molecule has 0 spiro atoms. The van der Waals surface area contributed by atoms with Gasteiger partial charge in [0.05, 0.1) is 0 Å². The van der Waals surface area contributed by atoms with Crippen LogP contribution in [0, 0.1) is 0 Å². The van der Waals surface area contributed by atoms with Crippen molar-refractivity contribution in [1.29, 1.82) is 0 Å². The maximum atomic E-state index is 9.30. The summed E-state index contributed by atoms with van der Waals surface area (Å²) in [6.45, 7) is 0. The van der Waals surface area contributed by atoms with Gasteiger partial charge in [-0.2, -0.15) is 0 Å². The van der Waals surface area contributed by atoms with Crippen LogP contribution in [0.2, 0.25) is 0 Å². The molecule has 0 aliphatic heterocycles. The number of hydrogen-bond acceptors (Lipinski definition) is 4. The summed E-state index contributed by atoms with van der Waals surface area (Å²) in [6, 6.07) is 0. The van der Waals surface area contributed by atoms with Crippen molar-refractivity contribution in [2.45, 2.75) is 0 Å². The normalized spacial score (nSPS) is 11.8. The fourth-order valence-corrected chi connectivity index (χ4v) is 0.346. The van der Waals surface area contributed by atoms with Gasteiger partial charge >= 0.3 is 8.60 Å². The molecule has 0 saturated carbocycles. The Balaban J connectivity index is 2.81. The smallest absolute Gasteiger partial charge is 0.328 e. The lowest BCUT2D eigenvalue weighted by atomic mass is 15.8. The molecular weight excluding hydrogens is 126 g/mol. The van der Waals surface area contributed by atoms with Crippen molar-refractivity contribution < 1.29 is 18.7 Å². The summed E-state index contributed by atoms with van der Waals surface area (Å²) >= 11 is 0. The highest BCUT2D eigenvalue weighted by atomic mass is 31.2. The molecule has 1 atom stereocenters. The Labute approximate surface area is 37.0 Å². The van der Waals surface area contributed by atoms with Crippen molar-refractivity contribution >= 4 is 17.3 Å². The fraction of sp³-hybridized carbons (Fsp3) is 0. The summed E-state index contributed by atoms with van der Waals surface area (Å²) in [7, 11) is -3.84. The number of rotatable bonds is 2. The van der Waals surface area contributed by atoms with Gasteiger partial charge in [-0.25, -0.2) is 0 Å². The average Bonchev–Trinajstić information content (AvgIpc) is 1.35. The van der Waals surface area contributed by atoms with Crippen LogP contribution in [0.4, 0.5) is 0 Å². The summed E-state index contributed by atoms with van der Waals surface area (Å²) in [4.78, 5) is 15.5. The lowest BCUT2D eigenvalue weighted by Crippen LogP contribution is -1.60. The minimum atomic E-state index is -2.38. The van der Waals surface area contributed by atoms with E-state index in [2.05, 4.69) is 4.31 Å². The first kappa shape index (κ1) is 6.54. The molecule has 0 aliphatic rings. The summed E-state index contributed by atoms with van der Waals surface area (Å²) in [6.07, 6.45) is 0. The quantitative estimate of drug-likeness (QED) is 0.511. The summed E-state index contributed by atoms with van der Waals surface area (Å²) < 4.78 is 13.0. The van der Waals surface area contributed by atoms with E-state index in [1.165, 1.54) is 0 Å². The van der Waals surface area contributed by atoms with Gasteiger partial charge in [-0.1, -0.05) is 0 Å². The van der Waals surface area contributed by atoms with Gasteiger partial charge in [0.2, 0.25) is 0 Å². The lowest BCUT2D eigenvalue weighted by Gasteiger charge is -1.89. The summed E-state index contributed by atoms with van der Waals surface area (Å²) in [5.41, 5.74) is 0. The highest BCUT2D eigenvalue weighted by Gasteiger charge is 1.90. The largest absolute Gasteiger partial charge is 0.332 e. The van der Waals surface area contributed by atoms with Crippen LogP contribution in [-0.4, -0.2) is 9.79 Å². The van der Waals surface area contributed by atoms with Gasteiger partial charge in [0, 0.05) is 0 Å². The summed E-state index contributed by atoms with van der Waals surface area (Å²) in [5.74, 6) is 0. The Kier molecular flexibility index (Phi) is 4.06. The van der Waals surface area contributed by atoms with Gasteiger partial charge in [0.25, 0.3) is 0 Å². The molecule has 1 unspecified atom stereocenters. The van der Waals surface area contributed by atoms with Crippen molar-refractivity contribution in [3.63, 3.8) is 0 Å². The van der Waals surface area contributed by atoms with Gasteiger partial charge in [0.15, 0.2) is 8.69 Å². The van der Waals surface area contributed by atoms with E-state index in [9.17, 15) is 4.57 Å². The minimum absolute atomic E-state index is 1.47. The Hall–Kier alpha value is 0.540. The van der Waals surface area contributed by atoms with E-state index in [4.69, 9.17) is 9.79 Å². The Bertz CT molecular complexity index is 40.8. The molecule has 0 radical (unpaired) electrons. The topological polar surface area (TPSA) is 66.8 Å². The molecule has 0 aromatic heterocycles. The molecule has 0 aliphatic carbocycles. The fourth-order valence-electron chi connectivity index (χ4n) is 0.0385. The molecule has 0 aromatic carbocycles. The Morgan fingerprint density at radius 1 is 1.67 bits per heavy atom. The van der Waals surface area contributed by atoms with E-state index >= 15 is 0 Å². The van der Waals surface area contributed by atoms with Gasteiger partial charge in [-0.3, -0.25) is 8.88 Å². The van der Waals surface area contributed by atoms with E-state index < -0.39 is 17.3 Å². The van der Waals surface area contributed by atoms with Crippen molar-refractivity contribution in [3.05, 3.63) is 0 Å². The van der Waals surface area contributed by atoms with Crippen LogP contribution in [0.3, 0.4) is 0 Å². The van der Waals surface area contributed by atoms with E-state index in [0.29, 0.717) is 0 Å². The van der Waals surface area contributed by atoms with E-state index in [0.717, 1.165) is 0 Å². The van der Waals surface area contributed by atoms with Crippen molar-refractivity contribution in [3.8, 4) is 0 Å². The van der Waals surface area contributed by atoms with Crippen molar-refractivity contribution in [2.24, 2.45) is 0 Å². The molecule has 0 amide bonds. The first-order valence-corrected chi connectivity index (χ1v) is 3.16. The van der Waals surface area contributed by atoms with Crippen LogP contribution in [0.1, 0.15) is 0 Å². The van der Waals surface area contributed by atoms with Crippen LogP contribution in [0.15, 0.2) is 0 Å². The van der Waals surface area contributed by atoms with Crippen molar-refractivity contribution in [1.82, 2.24) is 0 Å². The molecule has 0 fully saturated rings. The van der Waals surface area contributed by atoms with Crippen LogP contribution < -0.4 is 0 Å². The number of hydrogen-bond donors (Lipinski definition) is 2. The zero-order chi connectivity index (χ0) is 4.99. The third-order valence-corrected chi connectivity index (χ3v) is 1.24.